The highest BCUT2D eigenvalue weighted by atomic mass is 35.5. The van der Waals surface area contributed by atoms with Crippen molar-refractivity contribution in [1.29, 1.82) is 0 Å². The molecule has 0 spiro atoms. The molecule has 1 fully saturated rings. The molecule has 7 nitrogen and oxygen atoms in total. The highest BCUT2D eigenvalue weighted by Crippen LogP contribution is 2.25. The number of nitrogens with zero attached hydrogens (tertiary/aromatic N) is 1. The molecule has 1 N–H and O–H groups in total. The van der Waals surface area contributed by atoms with E-state index in [-0.39, 0.29) is 37.3 Å². The Balaban J connectivity index is 1.57. The van der Waals surface area contributed by atoms with Crippen LogP contribution in [0.2, 0.25) is 5.02 Å². The third-order valence-electron chi connectivity index (χ3n) is 5.16. The number of benzene rings is 2. The SMILES string of the molecule is CCOC(=O)c1cccc(NC(=O)C2CCN(S(=O)(=O)Cc3ccccc3Cl)CC2)c1. The van der Waals surface area contributed by atoms with Gasteiger partial charge in [-0.1, -0.05) is 35.9 Å². The topological polar surface area (TPSA) is 92.8 Å². The Labute approximate surface area is 187 Å². The molecule has 0 aromatic heterocycles. The van der Waals surface area contributed by atoms with Gasteiger partial charge in [0.05, 0.1) is 17.9 Å². The van der Waals surface area contributed by atoms with Gasteiger partial charge in [-0.3, -0.25) is 4.79 Å². The van der Waals surface area contributed by atoms with Crippen molar-refractivity contribution in [2.24, 2.45) is 5.92 Å². The summed E-state index contributed by atoms with van der Waals surface area (Å²) >= 11 is 6.09. The van der Waals surface area contributed by atoms with E-state index in [0.717, 1.165) is 0 Å². The second-order valence-electron chi connectivity index (χ2n) is 7.31. The van der Waals surface area contributed by atoms with Gasteiger partial charge in [-0.15, -0.1) is 0 Å². The fourth-order valence-corrected chi connectivity index (χ4v) is 5.36. The Morgan fingerprint density at radius 2 is 1.84 bits per heavy atom. The van der Waals surface area contributed by atoms with Gasteiger partial charge in [0.15, 0.2) is 0 Å². The van der Waals surface area contributed by atoms with Crippen molar-refractivity contribution in [3.63, 3.8) is 0 Å². The first-order valence-electron chi connectivity index (χ1n) is 10.1. The average Bonchev–Trinajstić information content (AvgIpc) is 2.76. The zero-order valence-corrected chi connectivity index (χ0v) is 18.8. The Kier molecular flexibility index (Phi) is 7.69. The summed E-state index contributed by atoms with van der Waals surface area (Å²) in [5.41, 5.74) is 1.43. The zero-order chi connectivity index (χ0) is 22.4. The van der Waals surface area contributed by atoms with Crippen molar-refractivity contribution >= 4 is 39.2 Å². The Morgan fingerprint density at radius 3 is 2.52 bits per heavy atom. The number of nitrogens with one attached hydrogen (secondary N) is 1. The van der Waals surface area contributed by atoms with E-state index in [1.54, 1.807) is 55.5 Å². The number of hydrogen-bond acceptors (Lipinski definition) is 5. The molecule has 0 saturated carbocycles. The lowest BCUT2D eigenvalue weighted by Gasteiger charge is -2.30. The van der Waals surface area contributed by atoms with Crippen LogP contribution in [0, 0.1) is 5.92 Å². The van der Waals surface area contributed by atoms with Gasteiger partial charge in [-0.05, 0) is 49.6 Å². The van der Waals surface area contributed by atoms with Crippen LogP contribution in [0.4, 0.5) is 5.69 Å². The maximum Gasteiger partial charge on any atom is 0.338 e. The lowest BCUT2D eigenvalue weighted by Crippen LogP contribution is -2.41. The summed E-state index contributed by atoms with van der Waals surface area (Å²) in [5, 5.41) is 3.24. The van der Waals surface area contributed by atoms with Gasteiger partial charge < -0.3 is 10.1 Å². The minimum atomic E-state index is -3.52. The number of hydrogen-bond donors (Lipinski definition) is 1. The Morgan fingerprint density at radius 1 is 1.13 bits per heavy atom. The van der Waals surface area contributed by atoms with Gasteiger partial charge in [0, 0.05) is 29.7 Å². The van der Waals surface area contributed by atoms with Crippen molar-refractivity contribution in [1.82, 2.24) is 4.31 Å². The predicted molar refractivity (Wildman–Crippen MR) is 119 cm³/mol. The monoisotopic (exact) mass is 464 g/mol. The molecule has 0 atom stereocenters. The molecule has 3 rings (SSSR count). The van der Waals surface area contributed by atoms with Crippen LogP contribution in [0.5, 0.6) is 0 Å². The molecule has 31 heavy (non-hydrogen) atoms. The van der Waals surface area contributed by atoms with Crippen LogP contribution in [0.15, 0.2) is 48.5 Å². The van der Waals surface area contributed by atoms with Crippen LogP contribution in [-0.2, 0) is 25.3 Å². The molecule has 1 amide bonds. The van der Waals surface area contributed by atoms with E-state index in [1.165, 1.54) is 4.31 Å². The lowest BCUT2D eigenvalue weighted by atomic mass is 9.97. The first kappa shape index (κ1) is 23.2. The molecule has 1 aliphatic heterocycles. The first-order valence-corrected chi connectivity index (χ1v) is 12.1. The van der Waals surface area contributed by atoms with Gasteiger partial charge in [0.2, 0.25) is 15.9 Å². The van der Waals surface area contributed by atoms with E-state index in [2.05, 4.69) is 5.32 Å². The number of sulfonamides is 1. The molecule has 0 unspecified atom stereocenters. The van der Waals surface area contributed by atoms with Crippen molar-refractivity contribution < 1.29 is 22.7 Å². The van der Waals surface area contributed by atoms with Crippen LogP contribution in [0.25, 0.3) is 0 Å². The quantitative estimate of drug-likeness (QED) is 0.631. The van der Waals surface area contributed by atoms with E-state index in [0.29, 0.717) is 34.7 Å². The Bertz CT molecular complexity index is 1050. The second kappa shape index (κ2) is 10.3. The molecule has 9 heteroatoms. The average molecular weight is 465 g/mol. The van der Waals surface area contributed by atoms with E-state index >= 15 is 0 Å². The molecule has 2 aromatic rings. The summed E-state index contributed by atoms with van der Waals surface area (Å²) in [7, 11) is -3.52. The third-order valence-corrected chi connectivity index (χ3v) is 7.35. The smallest absolute Gasteiger partial charge is 0.338 e. The normalized spacial score (nSPS) is 15.4. The molecule has 1 saturated heterocycles. The second-order valence-corrected chi connectivity index (χ2v) is 9.69. The number of amides is 1. The molecule has 0 radical (unpaired) electrons. The molecular formula is C22H25ClN2O5S. The van der Waals surface area contributed by atoms with Crippen LogP contribution in [0.1, 0.15) is 35.7 Å². The van der Waals surface area contributed by atoms with E-state index in [9.17, 15) is 18.0 Å². The van der Waals surface area contributed by atoms with Gasteiger partial charge >= 0.3 is 5.97 Å². The van der Waals surface area contributed by atoms with Gasteiger partial charge in [-0.2, -0.15) is 0 Å². The summed E-state index contributed by atoms with van der Waals surface area (Å²) in [5.74, 6) is -1.11. The van der Waals surface area contributed by atoms with Crippen molar-refractivity contribution in [2.75, 3.05) is 25.0 Å². The van der Waals surface area contributed by atoms with Crippen molar-refractivity contribution in [2.45, 2.75) is 25.5 Å². The zero-order valence-electron chi connectivity index (χ0n) is 17.2. The minimum Gasteiger partial charge on any atom is -0.462 e. The number of esters is 1. The fourth-order valence-electron chi connectivity index (χ4n) is 3.48. The number of ether oxygens (including phenoxy) is 1. The standard InChI is InChI=1S/C22H25ClN2O5S/c1-2-30-22(27)17-7-5-8-19(14-17)24-21(26)16-10-12-25(13-11-16)31(28,29)15-18-6-3-4-9-20(18)23/h3-9,14,16H,2,10-13,15H2,1H3,(H,24,26). The number of carbonyl (C=O) groups is 2. The van der Waals surface area contributed by atoms with Crippen molar-refractivity contribution in [3.8, 4) is 0 Å². The Hall–Kier alpha value is -2.42. The van der Waals surface area contributed by atoms with E-state index < -0.39 is 16.0 Å². The number of piperidine rings is 1. The lowest BCUT2D eigenvalue weighted by molar-refractivity contribution is -0.120. The fraction of sp³-hybridized carbons (Fsp3) is 0.364. The number of anilines is 1. The number of halogens is 1. The van der Waals surface area contributed by atoms with Crippen molar-refractivity contribution in [3.05, 3.63) is 64.7 Å². The third kappa shape index (κ3) is 6.06. The molecular weight excluding hydrogens is 440 g/mol. The maximum absolute atomic E-state index is 12.8. The van der Waals surface area contributed by atoms with Crippen LogP contribution >= 0.6 is 11.6 Å². The molecule has 1 aliphatic rings. The summed E-state index contributed by atoms with van der Waals surface area (Å²) in [6, 6.07) is 13.4. The first-order chi connectivity index (χ1) is 14.8. The molecule has 1 heterocycles. The van der Waals surface area contributed by atoms with Crippen LogP contribution in [-0.4, -0.2) is 44.3 Å². The largest absolute Gasteiger partial charge is 0.462 e. The summed E-state index contributed by atoms with van der Waals surface area (Å²) in [6.45, 7) is 2.54. The van der Waals surface area contributed by atoms with E-state index in [4.69, 9.17) is 16.3 Å². The number of rotatable bonds is 7. The number of carbonyl (C=O) groups excluding carboxylic acids is 2. The summed E-state index contributed by atoms with van der Waals surface area (Å²) in [4.78, 5) is 24.5. The molecule has 166 valence electrons. The minimum absolute atomic E-state index is 0.163. The van der Waals surface area contributed by atoms with Gasteiger partial charge in [0.1, 0.15) is 0 Å². The summed E-state index contributed by atoms with van der Waals surface area (Å²) in [6.07, 6.45) is 0.844. The molecule has 2 aromatic carbocycles. The molecule has 0 bridgehead atoms. The highest BCUT2D eigenvalue weighted by Gasteiger charge is 2.31. The van der Waals surface area contributed by atoms with Crippen LogP contribution < -0.4 is 5.32 Å². The van der Waals surface area contributed by atoms with Gasteiger partial charge in [0.25, 0.3) is 0 Å². The molecule has 0 aliphatic carbocycles. The highest BCUT2D eigenvalue weighted by molar-refractivity contribution is 7.88. The van der Waals surface area contributed by atoms with Crippen LogP contribution in [0.3, 0.4) is 0 Å². The van der Waals surface area contributed by atoms with Gasteiger partial charge in [-0.25, -0.2) is 17.5 Å². The van der Waals surface area contributed by atoms with E-state index in [1.807, 2.05) is 0 Å². The predicted octanol–water partition coefficient (Wildman–Crippen LogP) is 3.70. The summed E-state index contributed by atoms with van der Waals surface area (Å²) < 4.78 is 31.9. The maximum atomic E-state index is 12.8.